The Morgan fingerprint density at radius 1 is 1.08 bits per heavy atom. The lowest BCUT2D eigenvalue weighted by molar-refractivity contribution is 0.0698. The molecule has 1 aliphatic rings. The number of hydrogen-bond acceptors (Lipinski definition) is 4. The Labute approximate surface area is 160 Å². The van der Waals surface area contributed by atoms with Crippen LogP contribution in [0.2, 0.25) is 10.0 Å². The number of amides is 1. The van der Waals surface area contributed by atoms with Crippen LogP contribution < -0.4 is 0 Å². The lowest BCUT2D eigenvalue weighted by Gasteiger charge is -2.33. The van der Waals surface area contributed by atoms with Crippen LogP contribution in [0.5, 0.6) is 0 Å². The summed E-state index contributed by atoms with van der Waals surface area (Å²) in [6, 6.07) is 8.14. The van der Waals surface area contributed by atoms with E-state index in [-0.39, 0.29) is 19.0 Å². The monoisotopic (exact) mass is 418 g/mol. The standard InChI is InChI=1S/C16H16Cl2N2O3S2/c1-11-2-5-15(24-11)25(22,23)20-8-6-19(7-9-20)16(21)13-4-3-12(17)10-14(13)18/h2-5,10H,6-9H2,1H3. The molecular weight excluding hydrogens is 403 g/mol. The van der Waals surface area contributed by atoms with Gasteiger partial charge in [0, 0.05) is 36.1 Å². The quantitative estimate of drug-likeness (QED) is 0.765. The SMILES string of the molecule is Cc1ccc(S(=O)(=O)N2CCN(C(=O)c3ccc(Cl)cc3Cl)CC2)s1. The first-order valence-electron chi connectivity index (χ1n) is 7.60. The number of thiophene rings is 1. The number of carbonyl (C=O) groups excluding carboxylic acids is 1. The molecule has 3 rings (SSSR count). The molecule has 1 fully saturated rings. The molecular formula is C16H16Cl2N2O3S2. The zero-order chi connectivity index (χ0) is 18.2. The zero-order valence-corrected chi connectivity index (χ0v) is 16.6. The maximum atomic E-state index is 12.6. The van der Waals surface area contributed by atoms with E-state index in [0.717, 1.165) is 4.88 Å². The second-order valence-corrected chi connectivity index (χ2v) is 9.98. The van der Waals surface area contributed by atoms with E-state index in [2.05, 4.69) is 0 Å². The number of benzene rings is 1. The van der Waals surface area contributed by atoms with Crippen LogP contribution in [0.3, 0.4) is 0 Å². The van der Waals surface area contributed by atoms with Gasteiger partial charge in [0.15, 0.2) is 0 Å². The molecule has 134 valence electrons. The number of carbonyl (C=O) groups is 1. The minimum atomic E-state index is -3.50. The van der Waals surface area contributed by atoms with Crippen molar-refractivity contribution in [1.82, 2.24) is 9.21 Å². The third-order valence-corrected chi connectivity index (χ3v) is 7.91. The Bertz CT molecular complexity index is 904. The van der Waals surface area contributed by atoms with Crippen LogP contribution in [0.15, 0.2) is 34.5 Å². The van der Waals surface area contributed by atoms with E-state index in [1.165, 1.54) is 21.7 Å². The van der Waals surface area contributed by atoms with Crippen molar-refractivity contribution in [2.45, 2.75) is 11.1 Å². The number of piperazine rings is 1. The van der Waals surface area contributed by atoms with Crippen LogP contribution in [0.25, 0.3) is 0 Å². The van der Waals surface area contributed by atoms with Gasteiger partial charge in [0.25, 0.3) is 15.9 Å². The molecule has 0 radical (unpaired) electrons. The van der Waals surface area contributed by atoms with Crippen LogP contribution in [0.1, 0.15) is 15.2 Å². The molecule has 9 heteroatoms. The Kier molecular flexibility index (Phi) is 5.41. The number of rotatable bonds is 3. The fraction of sp³-hybridized carbons (Fsp3) is 0.312. The summed E-state index contributed by atoms with van der Waals surface area (Å²) in [5, 5.41) is 0.755. The Morgan fingerprint density at radius 3 is 2.32 bits per heavy atom. The van der Waals surface area contributed by atoms with Crippen LogP contribution in [-0.2, 0) is 10.0 Å². The first kappa shape index (κ1) is 18.7. The second kappa shape index (κ2) is 7.25. The van der Waals surface area contributed by atoms with Gasteiger partial charge in [0.1, 0.15) is 4.21 Å². The molecule has 0 N–H and O–H groups in total. The van der Waals surface area contributed by atoms with Gasteiger partial charge in [-0.1, -0.05) is 23.2 Å². The van der Waals surface area contributed by atoms with Gasteiger partial charge in [-0.25, -0.2) is 8.42 Å². The molecule has 2 aromatic rings. The molecule has 25 heavy (non-hydrogen) atoms. The number of nitrogens with zero attached hydrogens (tertiary/aromatic N) is 2. The lowest BCUT2D eigenvalue weighted by atomic mass is 10.2. The molecule has 1 saturated heterocycles. The summed E-state index contributed by atoms with van der Waals surface area (Å²) in [6.07, 6.45) is 0. The molecule has 1 aromatic carbocycles. The Balaban J connectivity index is 1.70. The highest BCUT2D eigenvalue weighted by Gasteiger charge is 2.31. The minimum absolute atomic E-state index is 0.217. The van der Waals surface area contributed by atoms with Crippen LogP contribution >= 0.6 is 34.5 Å². The summed E-state index contributed by atoms with van der Waals surface area (Å²) in [6.45, 7) is 3.03. The van der Waals surface area contributed by atoms with Crippen molar-refractivity contribution in [2.24, 2.45) is 0 Å². The van der Waals surface area contributed by atoms with E-state index >= 15 is 0 Å². The first-order valence-corrected chi connectivity index (χ1v) is 10.6. The summed E-state index contributed by atoms with van der Waals surface area (Å²) in [7, 11) is -3.50. The minimum Gasteiger partial charge on any atom is -0.336 e. The highest BCUT2D eigenvalue weighted by molar-refractivity contribution is 7.91. The molecule has 1 amide bonds. The van der Waals surface area contributed by atoms with Crippen molar-refractivity contribution < 1.29 is 13.2 Å². The number of halogens is 2. The summed E-state index contributed by atoms with van der Waals surface area (Å²) in [5.41, 5.74) is 0.372. The van der Waals surface area contributed by atoms with Crippen molar-refractivity contribution in [3.63, 3.8) is 0 Å². The predicted octanol–water partition coefficient (Wildman–Crippen LogP) is 3.51. The topological polar surface area (TPSA) is 57.7 Å². The third kappa shape index (κ3) is 3.85. The smallest absolute Gasteiger partial charge is 0.255 e. The van der Waals surface area contributed by atoms with E-state index in [1.54, 1.807) is 29.2 Å². The average molecular weight is 419 g/mol. The summed E-state index contributed by atoms with van der Waals surface area (Å²) < 4.78 is 27.0. The van der Waals surface area contributed by atoms with Gasteiger partial charge in [0.05, 0.1) is 10.6 Å². The van der Waals surface area contributed by atoms with Gasteiger partial charge in [-0.3, -0.25) is 4.79 Å². The van der Waals surface area contributed by atoms with Crippen molar-refractivity contribution in [3.8, 4) is 0 Å². The molecule has 0 unspecified atom stereocenters. The molecule has 1 aromatic heterocycles. The maximum Gasteiger partial charge on any atom is 0.255 e. The molecule has 2 heterocycles. The molecule has 0 bridgehead atoms. The second-order valence-electron chi connectivity index (χ2n) is 5.69. The predicted molar refractivity (Wildman–Crippen MR) is 100 cm³/mol. The van der Waals surface area contributed by atoms with Crippen LogP contribution in [0.4, 0.5) is 0 Å². The van der Waals surface area contributed by atoms with Crippen molar-refractivity contribution >= 4 is 50.5 Å². The third-order valence-electron chi connectivity index (χ3n) is 4.00. The highest BCUT2D eigenvalue weighted by Crippen LogP contribution is 2.26. The van der Waals surface area contributed by atoms with E-state index in [4.69, 9.17) is 23.2 Å². The van der Waals surface area contributed by atoms with Gasteiger partial charge >= 0.3 is 0 Å². The van der Waals surface area contributed by atoms with Gasteiger partial charge in [-0.05, 0) is 37.3 Å². The fourth-order valence-corrected chi connectivity index (χ4v) is 5.99. The van der Waals surface area contributed by atoms with Crippen LogP contribution in [0, 0.1) is 6.92 Å². The maximum absolute atomic E-state index is 12.6. The van der Waals surface area contributed by atoms with Crippen molar-refractivity contribution in [1.29, 1.82) is 0 Å². The molecule has 5 nitrogen and oxygen atoms in total. The van der Waals surface area contributed by atoms with Crippen molar-refractivity contribution in [2.75, 3.05) is 26.2 Å². The van der Waals surface area contributed by atoms with Crippen molar-refractivity contribution in [3.05, 3.63) is 50.8 Å². The fourth-order valence-electron chi connectivity index (χ4n) is 2.64. The van der Waals surface area contributed by atoms with Gasteiger partial charge in [-0.2, -0.15) is 4.31 Å². The van der Waals surface area contributed by atoms with E-state index in [9.17, 15) is 13.2 Å². The number of aryl methyl sites for hydroxylation is 1. The highest BCUT2D eigenvalue weighted by atomic mass is 35.5. The van der Waals surface area contributed by atoms with Gasteiger partial charge in [-0.15, -0.1) is 11.3 Å². The Morgan fingerprint density at radius 2 is 1.76 bits per heavy atom. The lowest BCUT2D eigenvalue weighted by Crippen LogP contribution is -2.50. The van der Waals surface area contributed by atoms with Gasteiger partial charge in [0.2, 0.25) is 0 Å². The molecule has 0 aliphatic carbocycles. The number of hydrogen-bond donors (Lipinski definition) is 0. The van der Waals surface area contributed by atoms with Crippen LogP contribution in [-0.4, -0.2) is 49.7 Å². The van der Waals surface area contributed by atoms with E-state index < -0.39 is 10.0 Å². The largest absolute Gasteiger partial charge is 0.336 e. The zero-order valence-electron chi connectivity index (χ0n) is 13.4. The molecule has 0 atom stereocenters. The van der Waals surface area contributed by atoms with E-state index in [0.29, 0.717) is 32.9 Å². The molecule has 1 aliphatic heterocycles. The normalized spacial score (nSPS) is 16.2. The van der Waals surface area contributed by atoms with E-state index in [1.807, 2.05) is 6.92 Å². The molecule has 0 spiro atoms. The number of sulfonamides is 1. The summed E-state index contributed by atoms with van der Waals surface area (Å²) in [5.74, 6) is -0.217. The first-order chi connectivity index (χ1) is 11.8. The van der Waals surface area contributed by atoms with Gasteiger partial charge < -0.3 is 4.90 Å². The summed E-state index contributed by atoms with van der Waals surface area (Å²) >= 11 is 13.2. The average Bonchev–Trinajstić information content (AvgIpc) is 3.02. The Hall–Kier alpha value is -1.12. The summed E-state index contributed by atoms with van der Waals surface area (Å²) in [4.78, 5) is 15.2. The molecule has 0 saturated carbocycles.